The number of benzene rings is 1. The number of hydrogen-bond acceptors (Lipinski definition) is 4. The van der Waals surface area contributed by atoms with Crippen molar-refractivity contribution in [1.82, 2.24) is 0 Å². The van der Waals surface area contributed by atoms with Crippen LogP contribution >= 0.6 is 0 Å². The van der Waals surface area contributed by atoms with E-state index in [4.69, 9.17) is 14.5 Å². The maximum Gasteiger partial charge on any atom is 0.149 e. The van der Waals surface area contributed by atoms with Crippen LogP contribution in [0.1, 0.15) is 27.2 Å². The lowest BCUT2D eigenvalue weighted by atomic mass is 10.2. The molecule has 0 aliphatic carbocycles. The Labute approximate surface area is 120 Å². The summed E-state index contributed by atoms with van der Waals surface area (Å²) < 4.78 is 5.40. The molecule has 1 aromatic rings. The van der Waals surface area contributed by atoms with Crippen molar-refractivity contribution < 1.29 is 19.6 Å². The lowest BCUT2D eigenvalue weighted by molar-refractivity contribution is -0.355. The zero-order valence-corrected chi connectivity index (χ0v) is 12.3. The molecular weight excluding hydrogens is 256 g/mol. The van der Waals surface area contributed by atoms with Gasteiger partial charge in [0.2, 0.25) is 0 Å². The normalized spacial score (nSPS) is 12.4. The van der Waals surface area contributed by atoms with Crippen LogP contribution in [0.2, 0.25) is 0 Å². The SMILES string of the molecule is CC(C)(C)OOCC(O)CC#CCOc1ccccc1. The Morgan fingerprint density at radius 2 is 1.85 bits per heavy atom. The smallest absolute Gasteiger partial charge is 0.149 e. The van der Waals surface area contributed by atoms with Crippen LogP contribution in [0.3, 0.4) is 0 Å². The van der Waals surface area contributed by atoms with Crippen molar-refractivity contribution >= 4 is 0 Å². The molecular formula is C16H22O4. The second kappa shape index (κ2) is 8.60. The second-order valence-electron chi connectivity index (χ2n) is 5.29. The van der Waals surface area contributed by atoms with E-state index >= 15 is 0 Å². The lowest BCUT2D eigenvalue weighted by Crippen LogP contribution is -2.23. The molecule has 1 N–H and O–H groups in total. The van der Waals surface area contributed by atoms with Crippen LogP contribution < -0.4 is 4.74 Å². The Kier molecular flexibility index (Phi) is 7.10. The number of para-hydroxylation sites is 1. The van der Waals surface area contributed by atoms with E-state index in [2.05, 4.69) is 11.8 Å². The topological polar surface area (TPSA) is 47.9 Å². The highest BCUT2D eigenvalue weighted by atomic mass is 17.2. The fraction of sp³-hybridized carbons (Fsp3) is 0.500. The van der Waals surface area contributed by atoms with Gasteiger partial charge in [0, 0.05) is 6.42 Å². The van der Waals surface area contributed by atoms with Crippen LogP contribution in [0.15, 0.2) is 30.3 Å². The van der Waals surface area contributed by atoms with Crippen molar-refractivity contribution in [3.05, 3.63) is 30.3 Å². The molecule has 4 heteroatoms. The second-order valence-corrected chi connectivity index (χ2v) is 5.29. The summed E-state index contributed by atoms with van der Waals surface area (Å²) in [4.78, 5) is 9.99. The molecule has 0 fully saturated rings. The van der Waals surface area contributed by atoms with Crippen LogP contribution in [-0.4, -0.2) is 30.0 Å². The third kappa shape index (κ3) is 8.54. The van der Waals surface area contributed by atoms with E-state index in [9.17, 15) is 5.11 Å². The Balaban J connectivity index is 2.12. The van der Waals surface area contributed by atoms with E-state index in [-0.39, 0.29) is 12.2 Å². The first kappa shape index (κ1) is 16.5. The number of hydrogen-bond donors (Lipinski definition) is 1. The highest BCUT2D eigenvalue weighted by Crippen LogP contribution is 2.08. The van der Waals surface area contributed by atoms with Gasteiger partial charge in [0.05, 0.1) is 11.7 Å². The van der Waals surface area contributed by atoms with Gasteiger partial charge in [-0.05, 0) is 32.9 Å². The molecule has 1 atom stereocenters. The van der Waals surface area contributed by atoms with Gasteiger partial charge in [0.15, 0.2) is 0 Å². The summed E-state index contributed by atoms with van der Waals surface area (Å²) in [5, 5.41) is 9.61. The molecule has 0 saturated heterocycles. The van der Waals surface area contributed by atoms with E-state index in [0.29, 0.717) is 13.0 Å². The van der Waals surface area contributed by atoms with Crippen molar-refractivity contribution in [3.63, 3.8) is 0 Å². The van der Waals surface area contributed by atoms with E-state index in [0.717, 1.165) is 5.75 Å². The zero-order valence-electron chi connectivity index (χ0n) is 12.3. The van der Waals surface area contributed by atoms with Gasteiger partial charge in [0.1, 0.15) is 19.0 Å². The molecule has 0 spiro atoms. The highest BCUT2D eigenvalue weighted by Gasteiger charge is 2.12. The maximum absolute atomic E-state index is 9.61. The molecule has 0 saturated carbocycles. The molecule has 4 nitrogen and oxygen atoms in total. The summed E-state index contributed by atoms with van der Waals surface area (Å²) in [6.07, 6.45) is -0.340. The minimum Gasteiger partial charge on any atom is -0.481 e. The predicted octanol–water partition coefficient (Wildman–Crippen LogP) is 2.57. The van der Waals surface area contributed by atoms with Crippen molar-refractivity contribution in [2.24, 2.45) is 0 Å². The molecule has 0 aliphatic rings. The van der Waals surface area contributed by atoms with Gasteiger partial charge in [-0.3, -0.25) is 0 Å². The standard InChI is InChI=1S/C16H22O4/c1-16(2,3)20-19-13-14(17)9-7-8-12-18-15-10-5-4-6-11-15/h4-6,10-11,14,17H,9,12-13H2,1-3H3. The number of rotatable bonds is 6. The third-order valence-electron chi connectivity index (χ3n) is 2.09. The number of aliphatic hydroxyl groups is 1. The van der Waals surface area contributed by atoms with Gasteiger partial charge in [-0.25, -0.2) is 9.78 Å². The molecule has 1 rings (SSSR count). The maximum atomic E-state index is 9.61. The summed E-state index contributed by atoms with van der Waals surface area (Å²) in [6, 6.07) is 9.47. The number of aliphatic hydroxyl groups excluding tert-OH is 1. The largest absolute Gasteiger partial charge is 0.481 e. The first-order chi connectivity index (χ1) is 9.47. The van der Waals surface area contributed by atoms with Crippen LogP contribution in [-0.2, 0) is 9.78 Å². The summed E-state index contributed by atoms with van der Waals surface area (Å²) >= 11 is 0. The van der Waals surface area contributed by atoms with E-state index in [1.165, 1.54) is 0 Å². The van der Waals surface area contributed by atoms with Gasteiger partial charge >= 0.3 is 0 Å². The van der Waals surface area contributed by atoms with Crippen LogP contribution in [0.5, 0.6) is 5.75 Å². The van der Waals surface area contributed by atoms with E-state index in [1.807, 2.05) is 51.1 Å². The van der Waals surface area contributed by atoms with Crippen molar-refractivity contribution in [1.29, 1.82) is 0 Å². The van der Waals surface area contributed by atoms with Crippen LogP contribution in [0.25, 0.3) is 0 Å². The molecule has 0 bridgehead atoms. The molecule has 1 unspecified atom stereocenters. The summed E-state index contributed by atoms with van der Waals surface area (Å²) in [7, 11) is 0. The Hall–Kier alpha value is -1.54. The Morgan fingerprint density at radius 3 is 2.50 bits per heavy atom. The molecule has 0 amide bonds. The highest BCUT2D eigenvalue weighted by molar-refractivity contribution is 5.21. The van der Waals surface area contributed by atoms with Gasteiger partial charge in [0.25, 0.3) is 0 Å². The van der Waals surface area contributed by atoms with E-state index in [1.54, 1.807) is 0 Å². The monoisotopic (exact) mass is 278 g/mol. The minimum absolute atomic E-state index is 0.103. The van der Waals surface area contributed by atoms with Crippen LogP contribution in [0.4, 0.5) is 0 Å². The lowest BCUT2D eigenvalue weighted by Gasteiger charge is -2.18. The van der Waals surface area contributed by atoms with E-state index < -0.39 is 6.10 Å². The van der Waals surface area contributed by atoms with Gasteiger partial charge in [-0.15, -0.1) is 0 Å². The molecule has 1 aromatic carbocycles. The first-order valence-electron chi connectivity index (χ1n) is 6.59. The molecule has 110 valence electrons. The minimum atomic E-state index is -0.665. The average molecular weight is 278 g/mol. The predicted molar refractivity (Wildman–Crippen MR) is 77.1 cm³/mol. The number of ether oxygens (including phenoxy) is 1. The molecule has 0 heterocycles. The average Bonchev–Trinajstić information content (AvgIpc) is 2.38. The fourth-order valence-corrected chi connectivity index (χ4v) is 1.23. The summed E-state index contributed by atoms with van der Waals surface area (Å²) in [6.45, 7) is 6.03. The quantitative estimate of drug-likeness (QED) is 0.493. The molecule has 20 heavy (non-hydrogen) atoms. The van der Waals surface area contributed by atoms with Crippen LogP contribution in [0, 0.1) is 11.8 Å². The Morgan fingerprint density at radius 1 is 1.15 bits per heavy atom. The van der Waals surface area contributed by atoms with Crippen molar-refractivity contribution in [2.45, 2.75) is 38.9 Å². The third-order valence-corrected chi connectivity index (χ3v) is 2.09. The van der Waals surface area contributed by atoms with Gasteiger partial charge in [-0.1, -0.05) is 30.0 Å². The summed E-state index contributed by atoms with van der Waals surface area (Å²) in [5.74, 6) is 6.47. The fourth-order valence-electron chi connectivity index (χ4n) is 1.23. The van der Waals surface area contributed by atoms with Gasteiger partial charge in [-0.2, -0.15) is 0 Å². The molecule has 0 aromatic heterocycles. The Bertz CT molecular complexity index is 425. The zero-order chi connectivity index (χ0) is 14.8. The van der Waals surface area contributed by atoms with Crippen molar-refractivity contribution in [3.8, 4) is 17.6 Å². The van der Waals surface area contributed by atoms with Gasteiger partial charge < -0.3 is 9.84 Å². The summed E-state index contributed by atoms with van der Waals surface area (Å²) in [5.41, 5.74) is -0.380. The molecule has 0 aliphatic heterocycles. The first-order valence-corrected chi connectivity index (χ1v) is 6.59. The molecule has 0 radical (unpaired) electrons. The van der Waals surface area contributed by atoms with Crippen molar-refractivity contribution in [2.75, 3.05) is 13.2 Å².